The minimum Gasteiger partial charge on any atom is -0.320 e. The van der Waals surface area contributed by atoms with Gasteiger partial charge in [-0.2, -0.15) is 8.78 Å². The molecule has 4 nitrogen and oxygen atoms in total. The van der Waals surface area contributed by atoms with Crippen molar-refractivity contribution in [2.45, 2.75) is 43.8 Å². The SMILES string of the molecule is CCCc1sc(C(=O)Nc2ccccc2S(=O)(=O)C(F)F)cc1CC. The lowest BCUT2D eigenvalue weighted by Crippen LogP contribution is -2.17. The van der Waals surface area contributed by atoms with Crippen LogP contribution in [0.5, 0.6) is 0 Å². The van der Waals surface area contributed by atoms with Crippen LogP contribution in [0.2, 0.25) is 0 Å². The molecule has 1 N–H and O–H groups in total. The zero-order chi connectivity index (χ0) is 18.6. The Morgan fingerprint density at radius 1 is 1.24 bits per heavy atom. The van der Waals surface area contributed by atoms with Crippen LogP contribution >= 0.6 is 11.3 Å². The van der Waals surface area contributed by atoms with Crippen LogP contribution < -0.4 is 5.32 Å². The molecule has 8 heteroatoms. The lowest BCUT2D eigenvalue weighted by atomic mass is 10.1. The third-order valence-corrected chi connectivity index (χ3v) is 6.33. The average molecular weight is 387 g/mol. The number of benzene rings is 1. The first-order valence-electron chi connectivity index (χ1n) is 7.85. The highest BCUT2D eigenvalue weighted by molar-refractivity contribution is 7.91. The molecule has 0 atom stereocenters. The van der Waals surface area contributed by atoms with Crippen molar-refractivity contribution in [3.8, 4) is 0 Å². The van der Waals surface area contributed by atoms with Crippen molar-refractivity contribution in [1.82, 2.24) is 0 Å². The number of anilines is 1. The molecular weight excluding hydrogens is 368 g/mol. The summed E-state index contributed by atoms with van der Waals surface area (Å²) in [4.78, 5) is 13.4. The molecule has 25 heavy (non-hydrogen) atoms. The van der Waals surface area contributed by atoms with Gasteiger partial charge in [-0.05, 0) is 36.6 Å². The van der Waals surface area contributed by atoms with E-state index in [1.165, 1.54) is 29.5 Å². The first-order valence-corrected chi connectivity index (χ1v) is 10.2. The van der Waals surface area contributed by atoms with Crippen molar-refractivity contribution < 1.29 is 22.0 Å². The molecule has 0 spiro atoms. The number of carbonyl (C=O) groups is 1. The maximum Gasteiger partial charge on any atom is 0.341 e. The van der Waals surface area contributed by atoms with Gasteiger partial charge in [0, 0.05) is 4.88 Å². The second-order valence-corrected chi connectivity index (χ2v) is 8.44. The number of alkyl halides is 2. The van der Waals surface area contributed by atoms with Crippen LogP contribution in [0.4, 0.5) is 14.5 Å². The van der Waals surface area contributed by atoms with Gasteiger partial charge in [0.05, 0.1) is 15.5 Å². The molecule has 1 heterocycles. The average Bonchev–Trinajstić information content (AvgIpc) is 2.98. The second-order valence-electron chi connectivity index (χ2n) is 5.42. The maximum absolute atomic E-state index is 12.8. The molecule has 0 bridgehead atoms. The Morgan fingerprint density at radius 3 is 2.52 bits per heavy atom. The van der Waals surface area contributed by atoms with Crippen LogP contribution in [0.15, 0.2) is 35.2 Å². The van der Waals surface area contributed by atoms with Crippen LogP contribution in [0, 0.1) is 0 Å². The van der Waals surface area contributed by atoms with Crippen LogP contribution in [0.3, 0.4) is 0 Å². The number of thiophene rings is 1. The molecule has 1 aromatic heterocycles. The molecule has 0 saturated heterocycles. The van der Waals surface area contributed by atoms with Gasteiger partial charge >= 0.3 is 5.76 Å². The fourth-order valence-electron chi connectivity index (χ4n) is 2.41. The molecule has 0 fully saturated rings. The van der Waals surface area contributed by atoms with Gasteiger partial charge in [0.15, 0.2) is 0 Å². The van der Waals surface area contributed by atoms with E-state index < -0.39 is 26.4 Å². The first kappa shape index (κ1) is 19.5. The lowest BCUT2D eigenvalue weighted by molar-refractivity contribution is 0.103. The predicted molar refractivity (Wildman–Crippen MR) is 95.3 cm³/mol. The minimum absolute atomic E-state index is 0.142. The summed E-state index contributed by atoms with van der Waals surface area (Å²) in [6.45, 7) is 4.04. The summed E-state index contributed by atoms with van der Waals surface area (Å²) in [6.07, 6.45) is 2.59. The zero-order valence-corrected chi connectivity index (χ0v) is 15.5. The van der Waals surface area contributed by atoms with E-state index in [1.54, 1.807) is 6.07 Å². The number of amides is 1. The number of halogens is 2. The highest BCUT2D eigenvalue weighted by Crippen LogP contribution is 2.29. The quantitative estimate of drug-likeness (QED) is 0.760. The van der Waals surface area contributed by atoms with E-state index in [0.29, 0.717) is 4.88 Å². The van der Waals surface area contributed by atoms with Gasteiger partial charge in [-0.1, -0.05) is 32.4 Å². The molecule has 0 aliphatic rings. The summed E-state index contributed by atoms with van der Waals surface area (Å²) >= 11 is 1.35. The van der Waals surface area contributed by atoms with Gasteiger partial charge in [0.2, 0.25) is 9.84 Å². The minimum atomic E-state index is -4.80. The van der Waals surface area contributed by atoms with Gasteiger partial charge < -0.3 is 5.32 Å². The van der Waals surface area contributed by atoms with Crippen molar-refractivity contribution in [3.63, 3.8) is 0 Å². The highest BCUT2D eigenvalue weighted by atomic mass is 32.2. The highest BCUT2D eigenvalue weighted by Gasteiger charge is 2.29. The van der Waals surface area contributed by atoms with Crippen molar-refractivity contribution in [3.05, 3.63) is 45.6 Å². The number of aryl methyl sites for hydroxylation is 2. The number of rotatable bonds is 7. The van der Waals surface area contributed by atoms with E-state index in [4.69, 9.17) is 0 Å². The number of para-hydroxylation sites is 1. The van der Waals surface area contributed by atoms with Crippen LogP contribution in [-0.2, 0) is 22.7 Å². The maximum atomic E-state index is 12.8. The Hall–Kier alpha value is -1.80. The third-order valence-electron chi connectivity index (χ3n) is 3.65. The Labute approximate surface area is 149 Å². The van der Waals surface area contributed by atoms with E-state index in [0.717, 1.165) is 35.8 Å². The van der Waals surface area contributed by atoms with Gasteiger partial charge in [-0.3, -0.25) is 4.79 Å². The van der Waals surface area contributed by atoms with Gasteiger partial charge in [-0.15, -0.1) is 11.3 Å². The molecule has 0 aliphatic carbocycles. The van der Waals surface area contributed by atoms with Crippen LogP contribution in [0.1, 0.15) is 40.4 Å². The van der Waals surface area contributed by atoms with E-state index in [-0.39, 0.29) is 5.69 Å². The number of carbonyl (C=O) groups excluding carboxylic acids is 1. The van der Waals surface area contributed by atoms with E-state index in [9.17, 15) is 22.0 Å². The van der Waals surface area contributed by atoms with Crippen molar-refractivity contribution in [2.75, 3.05) is 5.32 Å². The molecule has 0 aliphatic heterocycles. The number of nitrogens with one attached hydrogen (secondary N) is 1. The van der Waals surface area contributed by atoms with Crippen LogP contribution in [0.25, 0.3) is 0 Å². The Morgan fingerprint density at radius 2 is 1.92 bits per heavy atom. The third kappa shape index (κ3) is 4.24. The van der Waals surface area contributed by atoms with Gasteiger partial charge in [0.25, 0.3) is 5.91 Å². The molecular formula is C17H19F2NO3S2. The number of sulfone groups is 1. The van der Waals surface area contributed by atoms with Crippen LogP contribution in [-0.4, -0.2) is 20.1 Å². The Kier molecular flexibility index (Phi) is 6.29. The molecule has 136 valence electrons. The lowest BCUT2D eigenvalue weighted by Gasteiger charge is -2.10. The normalized spacial score (nSPS) is 11.7. The molecule has 1 aromatic carbocycles. The Balaban J connectivity index is 2.34. The molecule has 0 unspecified atom stereocenters. The second kappa shape index (κ2) is 8.05. The molecule has 0 radical (unpaired) electrons. The van der Waals surface area contributed by atoms with E-state index in [2.05, 4.69) is 5.32 Å². The summed E-state index contributed by atoms with van der Waals surface area (Å²) in [7, 11) is -4.80. The fraction of sp³-hybridized carbons (Fsp3) is 0.353. The molecule has 0 saturated carbocycles. The summed E-state index contributed by atoms with van der Waals surface area (Å²) < 4.78 is 49.2. The molecule has 1 amide bonds. The predicted octanol–water partition coefficient (Wildman–Crippen LogP) is 4.51. The number of hydrogen-bond donors (Lipinski definition) is 1. The summed E-state index contributed by atoms with van der Waals surface area (Å²) in [5.41, 5.74) is 0.932. The smallest absolute Gasteiger partial charge is 0.320 e. The summed E-state index contributed by atoms with van der Waals surface area (Å²) in [5, 5.41) is 2.45. The van der Waals surface area contributed by atoms with E-state index >= 15 is 0 Å². The first-order chi connectivity index (χ1) is 11.8. The fourth-order valence-corrected chi connectivity index (χ4v) is 4.55. The van der Waals surface area contributed by atoms with Crippen molar-refractivity contribution in [2.24, 2.45) is 0 Å². The van der Waals surface area contributed by atoms with Crippen molar-refractivity contribution >= 4 is 32.8 Å². The molecule has 2 aromatic rings. The van der Waals surface area contributed by atoms with Gasteiger partial charge in [-0.25, -0.2) is 8.42 Å². The van der Waals surface area contributed by atoms with Gasteiger partial charge in [0.1, 0.15) is 0 Å². The zero-order valence-electron chi connectivity index (χ0n) is 13.9. The standard InChI is InChI=1S/C17H19F2NO3S2/c1-3-7-13-11(4-2)10-14(24-13)16(21)20-12-8-5-6-9-15(12)25(22,23)17(18)19/h5-6,8-10,17H,3-4,7H2,1-2H3,(H,20,21). The largest absolute Gasteiger partial charge is 0.341 e. The number of hydrogen-bond acceptors (Lipinski definition) is 4. The summed E-state index contributed by atoms with van der Waals surface area (Å²) in [6, 6.07) is 6.95. The monoisotopic (exact) mass is 387 g/mol. The van der Waals surface area contributed by atoms with E-state index in [1.807, 2.05) is 13.8 Å². The molecule has 2 rings (SSSR count). The Bertz CT molecular complexity index is 861. The van der Waals surface area contributed by atoms with Crippen molar-refractivity contribution in [1.29, 1.82) is 0 Å². The summed E-state index contributed by atoms with van der Waals surface area (Å²) in [5.74, 6) is -4.05. The topological polar surface area (TPSA) is 63.2 Å².